The molecule has 0 aliphatic heterocycles. The Hall–Kier alpha value is -0.730. The Morgan fingerprint density at radius 2 is 2.00 bits per heavy atom. The zero-order chi connectivity index (χ0) is 17.0. The van der Waals surface area contributed by atoms with Crippen molar-refractivity contribution >= 4 is 45.0 Å². The van der Waals surface area contributed by atoms with Gasteiger partial charge in [-0.2, -0.15) is 11.8 Å². The van der Waals surface area contributed by atoms with Gasteiger partial charge in [0.25, 0.3) is 0 Å². The van der Waals surface area contributed by atoms with E-state index in [4.69, 9.17) is 27.7 Å². The number of rotatable bonds is 7. The maximum Gasteiger partial charge on any atom is 0.245 e. The first-order chi connectivity index (χ1) is 10.8. The fourth-order valence-electron chi connectivity index (χ4n) is 2.00. The molecule has 1 aromatic heterocycles. The standard InChI is InChI=1S/C14H16Cl2N2O3S2/c1-9-14(10(2)21-18-9)23(19,20)17-5-6-22-8-11-3-4-12(15)13(16)7-11/h3-4,7,17H,5-6,8H2,1-2H3. The van der Waals surface area contributed by atoms with Gasteiger partial charge in [0.15, 0.2) is 5.76 Å². The highest BCUT2D eigenvalue weighted by atomic mass is 35.5. The van der Waals surface area contributed by atoms with E-state index in [1.165, 1.54) is 0 Å². The molecule has 23 heavy (non-hydrogen) atoms. The van der Waals surface area contributed by atoms with Crippen LogP contribution < -0.4 is 4.72 Å². The first-order valence-electron chi connectivity index (χ1n) is 6.75. The third-order valence-electron chi connectivity index (χ3n) is 3.03. The lowest BCUT2D eigenvalue weighted by molar-refractivity contribution is 0.390. The first-order valence-corrected chi connectivity index (χ1v) is 10.1. The minimum Gasteiger partial charge on any atom is -0.360 e. The lowest BCUT2D eigenvalue weighted by Crippen LogP contribution is -2.26. The molecule has 126 valence electrons. The van der Waals surface area contributed by atoms with Crippen molar-refractivity contribution in [1.29, 1.82) is 0 Å². The summed E-state index contributed by atoms with van der Waals surface area (Å²) in [5, 5.41) is 4.70. The largest absolute Gasteiger partial charge is 0.360 e. The summed E-state index contributed by atoms with van der Waals surface area (Å²) in [6, 6.07) is 5.46. The van der Waals surface area contributed by atoms with Crippen molar-refractivity contribution in [2.24, 2.45) is 0 Å². The molecule has 1 aromatic carbocycles. The van der Waals surface area contributed by atoms with Crippen LogP contribution in [-0.2, 0) is 15.8 Å². The summed E-state index contributed by atoms with van der Waals surface area (Å²) in [6.45, 7) is 3.50. The molecule has 0 unspecified atom stereocenters. The van der Waals surface area contributed by atoms with E-state index in [-0.39, 0.29) is 4.90 Å². The van der Waals surface area contributed by atoms with Crippen molar-refractivity contribution in [3.63, 3.8) is 0 Å². The Kier molecular flexibility index (Phi) is 6.39. The van der Waals surface area contributed by atoms with Crippen LogP contribution in [-0.4, -0.2) is 25.9 Å². The Bertz CT molecular complexity index is 772. The minimum atomic E-state index is -3.59. The topological polar surface area (TPSA) is 72.2 Å². The maximum atomic E-state index is 12.2. The van der Waals surface area contributed by atoms with Crippen LogP contribution in [0.2, 0.25) is 10.0 Å². The Morgan fingerprint density at radius 1 is 1.26 bits per heavy atom. The molecular weight excluding hydrogens is 379 g/mol. The highest BCUT2D eigenvalue weighted by Gasteiger charge is 2.23. The Balaban J connectivity index is 1.82. The third kappa shape index (κ3) is 4.87. The number of hydrogen-bond donors (Lipinski definition) is 1. The molecule has 0 bridgehead atoms. The smallest absolute Gasteiger partial charge is 0.245 e. The molecule has 0 spiro atoms. The molecule has 0 saturated heterocycles. The SMILES string of the molecule is Cc1noc(C)c1S(=O)(=O)NCCSCc1ccc(Cl)c(Cl)c1. The number of nitrogens with zero attached hydrogens (tertiary/aromatic N) is 1. The van der Waals surface area contributed by atoms with E-state index in [0.29, 0.717) is 33.8 Å². The van der Waals surface area contributed by atoms with E-state index >= 15 is 0 Å². The number of aromatic nitrogens is 1. The lowest BCUT2D eigenvalue weighted by Gasteiger charge is -2.06. The van der Waals surface area contributed by atoms with Gasteiger partial charge in [-0.25, -0.2) is 13.1 Å². The molecule has 0 fully saturated rings. The van der Waals surface area contributed by atoms with Crippen LogP contribution in [0.1, 0.15) is 17.0 Å². The highest BCUT2D eigenvalue weighted by Crippen LogP contribution is 2.24. The second kappa shape index (κ2) is 7.90. The number of nitrogens with one attached hydrogen (secondary N) is 1. The van der Waals surface area contributed by atoms with Crippen molar-refractivity contribution < 1.29 is 12.9 Å². The van der Waals surface area contributed by atoms with E-state index in [1.807, 2.05) is 12.1 Å². The quantitative estimate of drug-likeness (QED) is 0.722. The van der Waals surface area contributed by atoms with Gasteiger partial charge < -0.3 is 4.52 Å². The van der Waals surface area contributed by atoms with Crippen LogP contribution >= 0.6 is 35.0 Å². The average molecular weight is 395 g/mol. The number of halogens is 2. The van der Waals surface area contributed by atoms with E-state index < -0.39 is 10.0 Å². The number of hydrogen-bond acceptors (Lipinski definition) is 5. The minimum absolute atomic E-state index is 0.118. The van der Waals surface area contributed by atoms with Crippen molar-refractivity contribution in [2.75, 3.05) is 12.3 Å². The third-order valence-corrected chi connectivity index (χ3v) is 6.50. The second-order valence-corrected chi connectivity index (χ2v) is 8.48. The molecule has 0 aliphatic carbocycles. The molecule has 0 aliphatic rings. The summed E-state index contributed by atoms with van der Waals surface area (Å²) >= 11 is 13.4. The van der Waals surface area contributed by atoms with Crippen LogP contribution in [0.4, 0.5) is 0 Å². The van der Waals surface area contributed by atoms with Gasteiger partial charge in [0, 0.05) is 18.1 Å². The van der Waals surface area contributed by atoms with Gasteiger partial charge in [-0.1, -0.05) is 34.4 Å². The van der Waals surface area contributed by atoms with Crippen LogP contribution in [0.3, 0.4) is 0 Å². The van der Waals surface area contributed by atoms with Crippen LogP contribution in [0, 0.1) is 13.8 Å². The molecule has 1 N–H and O–H groups in total. The first kappa shape index (κ1) is 18.6. The summed E-state index contributed by atoms with van der Waals surface area (Å²) in [6.07, 6.45) is 0. The predicted molar refractivity (Wildman–Crippen MR) is 93.8 cm³/mol. The summed E-state index contributed by atoms with van der Waals surface area (Å²) in [5.41, 5.74) is 1.40. The molecule has 0 saturated carbocycles. The number of sulfonamides is 1. The van der Waals surface area contributed by atoms with Crippen molar-refractivity contribution in [1.82, 2.24) is 9.88 Å². The summed E-state index contributed by atoms with van der Waals surface area (Å²) in [5.74, 6) is 1.64. The van der Waals surface area contributed by atoms with Gasteiger partial charge in [0.05, 0.1) is 10.0 Å². The zero-order valence-electron chi connectivity index (χ0n) is 12.6. The number of aryl methyl sites for hydroxylation is 2. The zero-order valence-corrected chi connectivity index (χ0v) is 15.7. The lowest BCUT2D eigenvalue weighted by atomic mass is 10.2. The van der Waals surface area contributed by atoms with Gasteiger partial charge in [-0.3, -0.25) is 0 Å². The molecule has 1 heterocycles. The van der Waals surface area contributed by atoms with Crippen LogP contribution in [0.15, 0.2) is 27.6 Å². The molecule has 0 radical (unpaired) electrons. The van der Waals surface area contributed by atoms with Crippen LogP contribution in [0.25, 0.3) is 0 Å². The van der Waals surface area contributed by atoms with E-state index in [1.54, 1.807) is 31.7 Å². The number of benzene rings is 1. The second-order valence-electron chi connectivity index (χ2n) is 4.85. The van der Waals surface area contributed by atoms with Crippen LogP contribution in [0.5, 0.6) is 0 Å². The summed E-state index contributed by atoms with van der Waals surface area (Å²) < 4.78 is 31.8. The fraction of sp³-hybridized carbons (Fsp3) is 0.357. The van der Waals surface area contributed by atoms with E-state index in [2.05, 4.69) is 9.88 Å². The van der Waals surface area contributed by atoms with Crippen molar-refractivity contribution in [2.45, 2.75) is 24.5 Å². The van der Waals surface area contributed by atoms with Crippen molar-refractivity contribution in [3.8, 4) is 0 Å². The van der Waals surface area contributed by atoms with Gasteiger partial charge in [0.2, 0.25) is 10.0 Å². The molecule has 0 amide bonds. The van der Waals surface area contributed by atoms with Crippen molar-refractivity contribution in [3.05, 3.63) is 45.3 Å². The molecule has 0 atom stereocenters. The average Bonchev–Trinajstić information content (AvgIpc) is 2.82. The number of thioether (sulfide) groups is 1. The molecule has 2 rings (SSSR count). The Labute approximate surface area is 149 Å². The highest BCUT2D eigenvalue weighted by molar-refractivity contribution is 7.98. The van der Waals surface area contributed by atoms with Gasteiger partial charge in [0.1, 0.15) is 10.6 Å². The molecular formula is C14H16Cl2N2O3S2. The molecule has 5 nitrogen and oxygen atoms in total. The van der Waals surface area contributed by atoms with E-state index in [0.717, 1.165) is 11.3 Å². The van der Waals surface area contributed by atoms with Gasteiger partial charge in [-0.05, 0) is 31.5 Å². The molecule has 9 heteroatoms. The summed E-state index contributed by atoms with van der Waals surface area (Å²) in [4.78, 5) is 0.118. The predicted octanol–water partition coefficient (Wildman–Crippen LogP) is 3.81. The van der Waals surface area contributed by atoms with Gasteiger partial charge in [-0.15, -0.1) is 0 Å². The maximum absolute atomic E-state index is 12.2. The molecule has 2 aromatic rings. The Morgan fingerprint density at radius 3 is 2.61 bits per heavy atom. The van der Waals surface area contributed by atoms with E-state index in [9.17, 15) is 8.42 Å². The monoisotopic (exact) mass is 394 g/mol. The van der Waals surface area contributed by atoms with Gasteiger partial charge >= 0.3 is 0 Å². The fourth-order valence-corrected chi connectivity index (χ4v) is 4.61. The summed E-state index contributed by atoms with van der Waals surface area (Å²) in [7, 11) is -3.59. The normalized spacial score (nSPS) is 11.8.